The number of aliphatic hydroxyl groups is 1. The predicted molar refractivity (Wildman–Crippen MR) is 54.4 cm³/mol. The molecule has 2 atom stereocenters. The van der Waals surface area contributed by atoms with Crippen LogP contribution in [0.25, 0.3) is 0 Å². The molecule has 1 saturated carbocycles. The largest absolute Gasteiger partial charge is 0.472 e. The molecule has 4 nitrogen and oxygen atoms in total. The van der Waals surface area contributed by atoms with Gasteiger partial charge in [-0.3, -0.25) is 4.79 Å². The molecule has 15 heavy (non-hydrogen) atoms. The van der Waals surface area contributed by atoms with Gasteiger partial charge in [0.05, 0.1) is 24.0 Å². The Morgan fingerprint density at radius 2 is 2.27 bits per heavy atom. The van der Waals surface area contributed by atoms with Crippen molar-refractivity contribution in [2.45, 2.75) is 37.8 Å². The van der Waals surface area contributed by atoms with E-state index in [0.717, 1.165) is 25.7 Å². The van der Waals surface area contributed by atoms with Crippen LogP contribution >= 0.6 is 0 Å². The number of hydrogen-bond acceptors (Lipinski definition) is 3. The summed E-state index contributed by atoms with van der Waals surface area (Å²) in [5.41, 5.74) is 0.507. The first-order valence-electron chi connectivity index (χ1n) is 5.28. The minimum Gasteiger partial charge on any atom is -0.472 e. The van der Waals surface area contributed by atoms with E-state index >= 15 is 0 Å². The molecule has 1 aliphatic carbocycles. The highest BCUT2D eigenvalue weighted by Gasteiger charge is 2.24. The second kappa shape index (κ2) is 4.49. The highest BCUT2D eigenvalue weighted by Crippen LogP contribution is 2.18. The van der Waals surface area contributed by atoms with Gasteiger partial charge in [-0.1, -0.05) is 12.8 Å². The van der Waals surface area contributed by atoms with E-state index in [1.54, 1.807) is 6.07 Å². The van der Waals surface area contributed by atoms with Crippen LogP contribution in [0, 0.1) is 0 Å². The van der Waals surface area contributed by atoms with E-state index in [9.17, 15) is 9.90 Å². The Bertz CT molecular complexity index is 321. The van der Waals surface area contributed by atoms with Crippen LogP contribution in [0.15, 0.2) is 23.0 Å². The second-order valence-electron chi connectivity index (χ2n) is 3.94. The summed E-state index contributed by atoms with van der Waals surface area (Å²) in [5.74, 6) is -0.172. The number of carbonyl (C=O) groups is 1. The first kappa shape index (κ1) is 10.2. The van der Waals surface area contributed by atoms with Gasteiger partial charge in [0.25, 0.3) is 5.91 Å². The van der Waals surface area contributed by atoms with Crippen LogP contribution in [0.3, 0.4) is 0 Å². The Morgan fingerprint density at radius 1 is 1.47 bits per heavy atom. The van der Waals surface area contributed by atoms with E-state index in [0.29, 0.717) is 5.56 Å². The zero-order valence-corrected chi connectivity index (χ0v) is 8.48. The summed E-state index contributed by atoms with van der Waals surface area (Å²) in [4.78, 5) is 11.6. The van der Waals surface area contributed by atoms with Gasteiger partial charge in [-0.25, -0.2) is 0 Å². The van der Waals surface area contributed by atoms with Crippen molar-refractivity contribution in [1.29, 1.82) is 0 Å². The lowest BCUT2D eigenvalue weighted by Gasteiger charge is -2.28. The van der Waals surface area contributed by atoms with Gasteiger partial charge in [0.1, 0.15) is 6.26 Å². The lowest BCUT2D eigenvalue weighted by molar-refractivity contribution is 0.0717. The fraction of sp³-hybridized carbons (Fsp3) is 0.545. The van der Waals surface area contributed by atoms with Gasteiger partial charge >= 0.3 is 0 Å². The van der Waals surface area contributed by atoms with Crippen molar-refractivity contribution in [3.63, 3.8) is 0 Å². The fourth-order valence-corrected chi connectivity index (χ4v) is 1.93. The van der Waals surface area contributed by atoms with Crippen LogP contribution in [0.4, 0.5) is 0 Å². The average molecular weight is 209 g/mol. The third-order valence-corrected chi connectivity index (χ3v) is 2.83. The standard InChI is InChI=1S/C11H15NO3/c13-10-4-2-1-3-9(10)12-11(14)8-5-6-15-7-8/h5-7,9-10,13H,1-4H2,(H,12,14)/t9-,10-/m0/s1. The zero-order valence-electron chi connectivity index (χ0n) is 8.48. The second-order valence-corrected chi connectivity index (χ2v) is 3.94. The molecule has 0 unspecified atom stereocenters. The van der Waals surface area contributed by atoms with E-state index in [2.05, 4.69) is 5.32 Å². The van der Waals surface area contributed by atoms with Gasteiger partial charge in [-0.15, -0.1) is 0 Å². The van der Waals surface area contributed by atoms with Gasteiger partial charge in [-0.05, 0) is 18.9 Å². The van der Waals surface area contributed by atoms with Crippen molar-refractivity contribution in [3.8, 4) is 0 Å². The predicted octanol–water partition coefficient (Wildman–Crippen LogP) is 1.31. The lowest BCUT2D eigenvalue weighted by Crippen LogP contribution is -2.44. The van der Waals surface area contributed by atoms with Crippen molar-refractivity contribution >= 4 is 5.91 Å². The maximum absolute atomic E-state index is 11.6. The minimum atomic E-state index is -0.408. The Balaban J connectivity index is 1.93. The molecule has 0 saturated heterocycles. The Labute approximate surface area is 88.3 Å². The van der Waals surface area contributed by atoms with E-state index in [1.807, 2.05) is 0 Å². The van der Waals surface area contributed by atoms with E-state index in [1.165, 1.54) is 12.5 Å². The zero-order chi connectivity index (χ0) is 10.7. The van der Waals surface area contributed by atoms with Gasteiger partial charge < -0.3 is 14.8 Å². The van der Waals surface area contributed by atoms with Crippen molar-refractivity contribution in [2.24, 2.45) is 0 Å². The van der Waals surface area contributed by atoms with E-state index in [4.69, 9.17) is 4.42 Å². The molecule has 0 radical (unpaired) electrons. The molecule has 0 aliphatic heterocycles. The van der Waals surface area contributed by atoms with Gasteiger partial charge in [-0.2, -0.15) is 0 Å². The Hall–Kier alpha value is -1.29. The number of furan rings is 1. The summed E-state index contributed by atoms with van der Waals surface area (Å²) in [7, 11) is 0. The molecule has 1 aromatic rings. The average Bonchev–Trinajstić information content (AvgIpc) is 2.74. The first-order valence-corrected chi connectivity index (χ1v) is 5.28. The van der Waals surface area contributed by atoms with Crippen molar-refractivity contribution in [2.75, 3.05) is 0 Å². The van der Waals surface area contributed by atoms with E-state index < -0.39 is 6.10 Å². The molecule has 1 aliphatic rings. The number of hydrogen-bond donors (Lipinski definition) is 2. The van der Waals surface area contributed by atoms with Crippen molar-refractivity contribution in [3.05, 3.63) is 24.2 Å². The summed E-state index contributed by atoms with van der Waals surface area (Å²) in [5, 5.41) is 12.5. The van der Waals surface area contributed by atoms with Crippen molar-refractivity contribution in [1.82, 2.24) is 5.32 Å². The lowest BCUT2D eigenvalue weighted by atomic mass is 9.92. The molecular weight excluding hydrogens is 194 g/mol. The van der Waals surface area contributed by atoms with Crippen LogP contribution in [-0.2, 0) is 0 Å². The maximum Gasteiger partial charge on any atom is 0.254 e. The molecule has 1 fully saturated rings. The van der Waals surface area contributed by atoms with Crippen molar-refractivity contribution < 1.29 is 14.3 Å². The normalized spacial score (nSPS) is 26.2. The van der Waals surface area contributed by atoms with Crippen LogP contribution in [0.5, 0.6) is 0 Å². The first-order chi connectivity index (χ1) is 7.27. The number of carbonyl (C=O) groups excluding carboxylic acids is 1. The smallest absolute Gasteiger partial charge is 0.254 e. The third kappa shape index (κ3) is 2.39. The molecular formula is C11H15NO3. The number of nitrogens with one attached hydrogen (secondary N) is 1. The summed E-state index contributed by atoms with van der Waals surface area (Å²) >= 11 is 0. The molecule has 1 aromatic heterocycles. The topological polar surface area (TPSA) is 62.5 Å². The summed E-state index contributed by atoms with van der Waals surface area (Å²) < 4.78 is 4.83. The highest BCUT2D eigenvalue weighted by molar-refractivity contribution is 5.93. The molecule has 0 bridgehead atoms. The molecule has 2 rings (SSSR count). The molecule has 82 valence electrons. The van der Waals surface area contributed by atoms with Gasteiger partial charge in [0.2, 0.25) is 0 Å². The summed E-state index contributed by atoms with van der Waals surface area (Å²) in [6.45, 7) is 0. The fourth-order valence-electron chi connectivity index (χ4n) is 1.93. The van der Waals surface area contributed by atoms with Crippen LogP contribution < -0.4 is 5.32 Å². The molecule has 2 N–H and O–H groups in total. The maximum atomic E-state index is 11.6. The van der Waals surface area contributed by atoms with Gasteiger partial charge in [0, 0.05) is 0 Å². The van der Waals surface area contributed by atoms with Crippen LogP contribution in [0.2, 0.25) is 0 Å². The Kier molecular flexibility index (Phi) is 3.06. The Morgan fingerprint density at radius 3 is 2.93 bits per heavy atom. The molecule has 0 aromatic carbocycles. The molecule has 0 spiro atoms. The highest BCUT2D eigenvalue weighted by atomic mass is 16.3. The third-order valence-electron chi connectivity index (χ3n) is 2.83. The monoisotopic (exact) mass is 209 g/mol. The molecule has 4 heteroatoms. The summed E-state index contributed by atoms with van der Waals surface area (Å²) in [6.07, 6.45) is 6.19. The summed E-state index contributed by atoms with van der Waals surface area (Å²) in [6, 6.07) is 1.51. The molecule has 1 heterocycles. The number of rotatable bonds is 2. The minimum absolute atomic E-state index is 0.110. The SMILES string of the molecule is O=C(N[C@H]1CCCC[C@@H]1O)c1ccoc1. The van der Waals surface area contributed by atoms with Crippen LogP contribution in [-0.4, -0.2) is 23.2 Å². The number of aliphatic hydroxyl groups excluding tert-OH is 1. The molecule has 1 amide bonds. The number of amides is 1. The van der Waals surface area contributed by atoms with E-state index in [-0.39, 0.29) is 11.9 Å². The quantitative estimate of drug-likeness (QED) is 0.772. The van der Waals surface area contributed by atoms with Crippen LogP contribution in [0.1, 0.15) is 36.0 Å². The van der Waals surface area contributed by atoms with Gasteiger partial charge in [0.15, 0.2) is 0 Å².